The predicted octanol–water partition coefficient (Wildman–Crippen LogP) is 3.53. The molecule has 0 unspecified atom stereocenters. The summed E-state index contributed by atoms with van der Waals surface area (Å²) < 4.78 is 2.00. The first-order valence-corrected chi connectivity index (χ1v) is 10.8. The van der Waals surface area contributed by atoms with E-state index in [9.17, 15) is 10.1 Å². The Labute approximate surface area is 181 Å². The molecule has 158 valence electrons. The minimum Gasteiger partial charge on any atom is -0.340 e. The number of imidazole rings is 1. The van der Waals surface area contributed by atoms with Crippen LogP contribution in [-0.4, -0.2) is 45.5 Å². The molecule has 1 aliphatic heterocycles. The summed E-state index contributed by atoms with van der Waals surface area (Å²) >= 11 is 0. The van der Waals surface area contributed by atoms with Gasteiger partial charge in [-0.25, -0.2) is 9.97 Å². The molecule has 1 amide bonds. The van der Waals surface area contributed by atoms with Gasteiger partial charge in [-0.1, -0.05) is 19.1 Å². The number of likely N-dealkylation sites (tertiary alicyclic amines) is 1. The van der Waals surface area contributed by atoms with E-state index in [1.165, 1.54) is 11.1 Å². The van der Waals surface area contributed by atoms with Crippen LogP contribution in [0.2, 0.25) is 0 Å². The molecule has 1 aromatic carbocycles. The standard InChI is InChI=1S/C24H26N6O/c1-4-16-9-17(18-12-30(13-18)23(31)24(14-25)7-8-24)5-6-20(16)29(3)22-10-21-19(11-26-22)27-15-28(21)2/h5-6,9-11,15,18H,4,7-8,12-13H2,1-3H3. The van der Waals surface area contributed by atoms with E-state index in [0.29, 0.717) is 31.8 Å². The number of fused-ring (bicyclic) bond motifs is 1. The second kappa shape index (κ2) is 7.09. The summed E-state index contributed by atoms with van der Waals surface area (Å²) in [4.78, 5) is 25.4. The van der Waals surface area contributed by atoms with Gasteiger partial charge in [-0.15, -0.1) is 0 Å². The molecular formula is C24H26N6O. The second-order valence-corrected chi connectivity index (χ2v) is 8.79. The third-order valence-corrected chi connectivity index (χ3v) is 6.80. The number of aryl methyl sites for hydroxylation is 2. The molecule has 5 rings (SSSR count). The quantitative estimate of drug-likeness (QED) is 0.638. The number of rotatable bonds is 5. The minimum absolute atomic E-state index is 0.0231. The number of hydrogen-bond donors (Lipinski definition) is 0. The van der Waals surface area contributed by atoms with Crippen molar-refractivity contribution in [3.8, 4) is 6.07 Å². The average molecular weight is 415 g/mol. The molecule has 0 spiro atoms. The van der Waals surface area contributed by atoms with Crippen LogP contribution in [-0.2, 0) is 18.3 Å². The minimum atomic E-state index is -0.714. The first kappa shape index (κ1) is 19.6. The van der Waals surface area contributed by atoms with Crippen molar-refractivity contribution in [2.24, 2.45) is 12.5 Å². The number of benzene rings is 1. The SMILES string of the molecule is CCc1cc(C2CN(C(=O)C3(C#N)CC3)C2)ccc1N(C)c1cc2c(cn1)ncn2C. The Morgan fingerprint density at radius 2 is 2.06 bits per heavy atom. The predicted molar refractivity (Wildman–Crippen MR) is 119 cm³/mol. The zero-order chi connectivity index (χ0) is 21.8. The zero-order valence-electron chi connectivity index (χ0n) is 18.2. The molecule has 0 bridgehead atoms. The van der Waals surface area contributed by atoms with Gasteiger partial charge in [0.25, 0.3) is 0 Å². The fourth-order valence-corrected chi connectivity index (χ4v) is 4.45. The molecule has 2 aromatic heterocycles. The van der Waals surface area contributed by atoms with Crippen LogP contribution < -0.4 is 4.90 Å². The van der Waals surface area contributed by atoms with Gasteiger partial charge in [-0.05, 0) is 36.5 Å². The van der Waals surface area contributed by atoms with Crippen LogP contribution in [0, 0.1) is 16.7 Å². The van der Waals surface area contributed by atoms with E-state index in [0.717, 1.165) is 29.0 Å². The largest absolute Gasteiger partial charge is 0.340 e. The summed E-state index contributed by atoms with van der Waals surface area (Å²) in [5.74, 6) is 1.24. The first-order valence-electron chi connectivity index (χ1n) is 10.8. The normalized spacial score (nSPS) is 17.3. The summed E-state index contributed by atoms with van der Waals surface area (Å²) in [6.07, 6.45) is 5.95. The summed E-state index contributed by atoms with van der Waals surface area (Å²) in [5, 5.41) is 9.27. The Bertz CT molecular complexity index is 1210. The molecule has 3 aromatic rings. The van der Waals surface area contributed by atoms with Crippen LogP contribution in [0.1, 0.15) is 36.8 Å². The molecule has 2 fully saturated rings. The molecule has 31 heavy (non-hydrogen) atoms. The van der Waals surface area contributed by atoms with Crippen LogP contribution in [0.15, 0.2) is 36.8 Å². The van der Waals surface area contributed by atoms with Crippen molar-refractivity contribution in [2.45, 2.75) is 32.1 Å². The molecule has 1 saturated carbocycles. The van der Waals surface area contributed by atoms with Gasteiger partial charge in [0, 0.05) is 44.9 Å². The van der Waals surface area contributed by atoms with Gasteiger partial charge in [0.05, 0.1) is 24.1 Å². The van der Waals surface area contributed by atoms with Crippen molar-refractivity contribution in [2.75, 3.05) is 25.0 Å². The molecule has 7 nitrogen and oxygen atoms in total. The number of nitrogens with zero attached hydrogens (tertiary/aromatic N) is 6. The number of pyridine rings is 1. The molecular weight excluding hydrogens is 388 g/mol. The van der Waals surface area contributed by atoms with E-state index in [1.807, 2.05) is 29.8 Å². The van der Waals surface area contributed by atoms with Crippen LogP contribution in [0.25, 0.3) is 11.0 Å². The van der Waals surface area contributed by atoms with E-state index in [-0.39, 0.29) is 5.91 Å². The Hall–Kier alpha value is -3.40. The third kappa shape index (κ3) is 3.14. The highest BCUT2D eigenvalue weighted by molar-refractivity contribution is 5.89. The lowest BCUT2D eigenvalue weighted by Gasteiger charge is -2.41. The van der Waals surface area contributed by atoms with Crippen molar-refractivity contribution in [3.63, 3.8) is 0 Å². The van der Waals surface area contributed by atoms with E-state index in [1.54, 1.807) is 6.33 Å². The smallest absolute Gasteiger partial charge is 0.243 e. The molecule has 0 radical (unpaired) electrons. The van der Waals surface area contributed by atoms with Crippen LogP contribution in [0.4, 0.5) is 11.5 Å². The fraction of sp³-hybridized carbons (Fsp3) is 0.417. The van der Waals surface area contributed by atoms with Crippen molar-refractivity contribution < 1.29 is 4.79 Å². The number of hydrogen-bond acceptors (Lipinski definition) is 5. The number of nitriles is 1. The highest BCUT2D eigenvalue weighted by Crippen LogP contribution is 2.48. The number of carbonyl (C=O) groups excluding carboxylic acids is 1. The maximum atomic E-state index is 12.5. The number of anilines is 2. The number of aromatic nitrogens is 3. The highest BCUT2D eigenvalue weighted by Gasteiger charge is 2.54. The van der Waals surface area contributed by atoms with Crippen molar-refractivity contribution in [1.29, 1.82) is 5.26 Å². The summed E-state index contributed by atoms with van der Waals surface area (Å²) in [7, 11) is 4.03. The van der Waals surface area contributed by atoms with Gasteiger partial charge in [0.15, 0.2) is 0 Å². The van der Waals surface area contributed by atoms with Crippen molar-refractivity contribution in [1.82, 2.24) is 19.4 Å². The average Bonchev–Trinajstić information content (AvgIpc) is 3.49. The second-order valence-electron chi connectivity index (χ2n) is 8.79. The van der Waals surface area contributed by atoms with Gasteiger partial charge in [0.2, 0.25) is 5.91 Å². The van der Waals surface area contributed by atoms with E-state index < -0.39 is 5.41 Å². The molecule has 0 N–H and O–H groups in total. The van der Waals surface area contributed by atoms with Crippen LogP contribution in [0.5, 0.6) is 0 Å². The summed E-state index contributed by atoms with van der Waals surface area (Å²) in [6, 6.07) is 10.9. The van der Waals surface area contributed by atoms with Crippen molar-refractivity contribution >= 4 is 28.4 Å². The molecule has 0 atom stereocenters. The van der Waals surface area contributed by atoms with Crippen molar-refractivity contribution in [3.05, 3.63) is 47.9 Å². The third-order valence-electron chi connectivity index (χ3n) is 6.80. The van der Waals surface area contributed by atoms with Gasteiger partial charge < -0.3 is 14.4 Å². The number of carbonyl (C=O) groups is 1. The van der Waals surface area contributed by atoms with Gasteiger partial charge in [-0.3, -0.25) is 4.79 Å². The molecule has 3 heterocycles. The lowest BCUT2D eigenvalue weighted by Crippen LogP contribution is -2.51. The fourth-order valence-electron chi connectivity index (χ4n) is 4.45. The van der Waals surface area contributed by atoms with E-state index in [2.05, 4.69) is 52.1 Å². The van der Waals surface area contributed by atoms with Crippen LogP contribution >= 0.6 is 0 Å². The Morgan fingerprint density at radius 3 is 2.74 bits per heavy atom. The van der Waals surface area contributed by atoms with Crippen LogP contribution in [0.3, 0.4) is 0 Å². The first-order chi connectivity index (χ1) is 15.0. The topological polar surface area (TPSA) is 78.1 Å². The highest BCUT2D eigenvalue weighted by atomic mass is 16.2. The van der Waals surface area contributed by atoms with E-state index >= 15 is 0 Å². The molecule has 1 aliphatic carbocycles. The van der Waals surface area contributed by atoms with Gasteiger partial charge >= 0.3 is 0 Å². The van der Waals surface area contributed by atoms with E-state index in [4.69, 9.17) is 0 Å². The Kier molecular flexibility index (Phi) is 4.47. The summed E-state index contributed by atoms with van der Waals surface area (Å²) in [5.41, 5.74) is 4.88. The monoisotopic (exact) mass is 414 g/mol. The Morgan fingerprint density at radius 1 is 1.29 bits per heavy atom. The van der Waals surface area contributed by atoms with Gasteiger partial charge in [-0.2, -0.15) is 5.26 Å². The maximum absolute atomic E-state index is 12.5. The molecule has 2 aliphatic rings. The van der Waals surface area contributed by atoms with Gasteiger partial charge in [0.1, 0.15) is 16.7 Å². The number of amides is 1. The lowest BCUT2D eigenvalue weighted by molar-refractivity contribution is -0.139. The zero-order valence-corrected chi connectivity index (χ0v) is 18.2. The maximum Gasteiger partial charge on any atom is 0.243 e. The summed E-state index contributed by atoms with van der Waals surface area (Å²) in [6.45, 7) is 3.58. The Balaban J connectivity index is 1.35. The lowest BCUT2D eigenvalue weighted by atomic mass is 9.88. The molecule has 7 heteroatoms. The molecule has 1 saturated heterocycles.